The van der Waals surface area contributed by atoms with Crippen molar-refractivity contribution in [3.8, 4) is 0 Å². The molecule has 1 unspecified atom stereocenters. The Balaban J connectivity index is 1.64. The molecule has 3 aliphatic heterocycles. The van der Waals surface area contributed by atoms with Crippen molar-refractivity contribution >= 4 is 11.8 Å². The molecule has 3 rings (SSSR count). The second kappa shape index (κ2) is 6.54. The lowest BCUT2D eigenvalue weighted by Crippen LogP contribution is -2.64. The predicted molar refractivity (Wildman–Crippen MR) is 74.7 cm³/mol. The number of nitrogens with one attached hydrogen (secondary N) is 1. The third-order valence-corrected chi connectivity index (χ3v) is 5.00. The highest BCUT2D eigenvalue weighted by atomic mass is 32.2. The highest BCUT2D eigenvalue weighted by molar-refractivity contribution is 7.99. The number of ether oxygens (including phenoxy) is 1. The molecular formula is C12H24N4OS. The molecule has 0 spiro atoms. The Morgan fingerprint density at radius 2 is 1.78 bits per heavy atom. The molecule has 1 N–H and O–H groups in total. The average Bonchev–Trinajstić information content (AvgIpc) is 2.49. The van der Waals surface area contributed by atoms with Crippen LogP contribution in [-0.2, 0) is 4.74 Å². The highest BCUT2D eigenvalue weighted by Gasteiger charge is 2.33. The maximum atomic E-state index is 5.48. The third kappa shape index (κ3) is 3.00. The number of hydrogen-bond acceptors (Lipinski definition) is 6. The normalized spacial score (nSPS) is 33.7. The lowest BCUT2D eigenvalue weighted by Gasteiger charge is -2.49. The monoisotopic (exact) mass is 272 g/mol. The largest absolute Gasteiger partial charge is 0.379 e. The van der Waals surface area contributed by atoms with Gasteiger partial charge in [0, 0.05) is 57.3 Å². The minimum absolute atomic E-state index is 0.589. The lowest BCUT2D eigenvalue weighted by molar-refractivity contribution is -0.125. The topological polar surface area (TPSA) is 31.0 Å². The zero-order valence-corrected chi connectivity index (χ0v) is 11.8. The van der Waals surface area contributed by atoms with Gasteiger partial charge in [-0.05, 0) is 0 Å². The van der Waals surface area contributed by atoms with Gasteiger partial charge in [0.15, 0.2) is 0 Å². The summed E-state index contributed by atoms with van der Waals surface area (Å²) in [5, 5.41) is 8.63. The average molecular weight is 272 g/mol. The van der Waals surface area contributed by atoms with Crippen LogP contribution in [0.1, 0.15) is 0 Å². The van der Waals surface area contributed by atoms with E-state index in [9.17, 15) is 0 Å². The number of nitrogens with zero attached hydrogens (tertiary/aromatic N) is 3. The Hall–Kier alpha value is 0.150. The van der Waals surface area contributed by atoms with Gasteiger partial charge in [0.1, 0.15) is 0 Å². The van der Waals surface area contributed by atoms with Crippen molar-refractivity contribution in [3.63, 3.8) is 0 Å². The van der Waals surface area contributed by atoms with Gasteiger partial charge in [0.25, 0.3) is 0 Å². The van der Waals surface area contributed by atoms with E-state index in [0.717, 1.165) is 52.5 Å². The van der Waals surface area contributed by atoms with Crippen LogP contribution >= 0.6 is 11.8 Å². The third-order valence-electron chi connectivity index (χ3n) is 4.00. The molecule has 3 aliphatic rings. The molecule has 0 radical (unpaired) electrons. The van der Waals surface area contributed by atoms with Crippen LogP contribution in [0.3, 0.4) is 0 Å². The van der Waals surface area contributed by atoms with Crippen LogP contribution < -0.4 is 5.32 Å². The van der Waals surface area contributed by atoms with E-state index in [2.05, 4.69) is 32.0 Å². The Bertz CT molecular complexity index is 230. The van der Waals surface area contributed by atoms with Gasteiger partial charge in [-0.1, -0.05) is 0 Å². The molecule has 3 heterocycles. The smallest absolute Gasteiger partial charge is 0.0853 e. The van der Waals surface area contributed by atoms with Gasteiger partial charge in [-0.3, -0.25) is 4.90 Å². The first kappa shape index (κ1) is 13.1. The van der Waals surface area contributed by atoms with Crippen molar-refractivity contribution < 1.29 is 4.74 Å². The van der Waals surface area contributed by atoms with Gasteiger partial charge in [-0.2, -0.15) is 11.8 Å². The Kier molecular flexibility index (Phi) is 4.78. The quantitative estimate of drug-likeness (QED) is 0.730. The van der Waals surface area contributed by atoms with E-state index >= 15 is 0 Å². The predicted octanol–water partition coefficient (Wildman–Crippen LogP) is -0.486. The molecule has 0 aliphatic carbocycles. The molecule has 5 nitrogen and oxygen atoms in total. The molecular weight excluding hydrogens is 248 g/mol. The first-order valence-electron chi connectivity index (χ1n) is 7.07. The molecule has 0 aromatic rings. The SMILES string of the molecule is C1CN(N2CCSCC2N2CCOCC2)CCN1. The maximum Gasteiger partial charge on any atom is 0.0853 e. The summed E-state index contributed by atoms with van der Waals surface area (Å²) in [5.74, 6) is 2.51. The molecule has 0 saturated carbocycles. The summed E-state index contributed by atoms with van der Waals surface area (Å²) >= 11 is 2.10. The number of hydrazine groups is 1. The zero-order valence-electron chi connectivity index (χ0n) is 11.0. The number of rotatable bonds is 2. The van der Waals surface area contributed by atoms with Gasteiger partial charge in [-0.15, -0.1) is 0 Å². The van der Waals surface area contributed by atoms with E-state index in [-0.39, 0.29) is 0 Å². The molecule has 18 heavy (non-hydrogen) atoms. The summed E-state index contributed by atoms with van der Waals surface area (Å²) in [5.41, 5.74) is 0. The van der Waals surface area contributed by atoms with Crippen molar-refractivity contribution in [2.24, 2.45) is 0 Å². The molecule has 0 bridgehead atoms. The van der Waals surface area contributed by atoms with Crippen LogP contribution in [0, 0.1) is 0 Å². The summed E-state index contributed by atoms with van der Waals surface area (Å²) in [6.45, 7) is 9.75. The van der Waals surface area contributed by atoms with Crippen LogP contribution in [0.4, 0.5) is 0 Å². The van der Waals surface area contributed by atoms with Gasteiger partial charge < -0.3 is 10.1 Å². The van der Waals surface area contributed by atoms with E-state index in [1.807, 2.05) is 0 Å². The molecule has 0 amide bonds. The molecule has 3 fully saturated rings. The number of thioether (sulfide) groups is 1. The van der Waals surface area contributed by atoms with Crippen LogP contribution in [0.15, 0.2) is 0 Å². The number of hydrogen-bond donors (Lipinski definition) is 1. The lowest BCUT2D eigenvalue weighted by atomic mass is 10.3. The van der Waals surface area contributed by atoms with Crippen LogP contribution in [0.5, 0.6) is 0 Å². The van der Waals surface area contributed by atoms with Crippen molar-refractivity contribution in [1.82, 2.24) is 20.2 Å². The second-order valence-corrected chi connectivity index (χ2v) is 6.22. The fourth-order valence-electron chi connectivity index (χ4n) is 2.99. The van der Waals surface area contributed by atoms with Crippen LogP contribution in [0.25, 0.3) is 0 Å². The number of morpholine rings is 1. The molecule has 104 valence electrons. The van der Waals surface area contributed by atoms with Crippen molar-refractivity contribution in [2.45, 2.75) is 6.17 Å². The van der Waals surface area contributed by atoms with Crippen molar-refractivity contribution in [3.05, 3.63) is 0 Å². The zero-order chi connectivity index (χ0) is 12.2. The summed E-state index contributed by atoms with van der Waals surface area (Å²) in [6.07, 6.45) is 0.589. The minimum atomic E-state index is 0.589. The van der Waals surface area contributed by atoms with Gasteiger partial charge in [0.2, 0.25) is 0 Å². The standard InChI is InChI=1S/C12H24N4OS/c1-3-15(4-2-13-1)16-7-10-18-11-12(16)14-5-8-17-9-6-14/h12-13H,1-11H2. The first-order chi connectivity index (χ1) is 8.95. The van der Waals surface area contributed by atoms with E-state index in [0.29, 0.717) is 6.17 Å². The molecule has 0 aromatic heterocycles. The highest BCUT2D eigenvalue weighted by Crippen LogP contribution is 2.22. The second-order valence-electron chi connectivity index (χ2n) is 5.07. The van der Waals surface area contributed by atoms with E-state index in [1.165, 1.54) is 18.1 Å². The maximum absolute atomic E-state index is 5.48. The van der Waals surface area contributed by atoms with Crippen LogP contribution in [0.2, 0.25) is 0 Å². The van der Waals surface area contributed by atoms with E-state index < -0.39 is 0 Å². The van der Waals surface area contributed by atoms with Gasteiger partial charge >= 0.3 is 0 Å². The fourth-order valence-corrected chi connectivity index (χ4v) is 4.07. The van der Waals surface area contributed by atoms with E-state index in [1.54, 1.807) is 0 Å². The summed E-state index contributed by atoms with van der Waals surface area (Å²) < 4.78 is 5.48. The van der Waals surface area contributed by atoms with Crippen LogP contribution in [-0.4, -0.2) is 91.6 Å². The number of piperazine rings is 1. The van der Waals surface area contributed by atoms with Crippen molar-refractivity contribution in [2.75, 3.05) is 70.5 Å². The van der Waals surface area contributed by atoms with Gasteiger partial charge in [-0.25, -0.2) is 10.0 Å². The Labute approximate surface area is 114 Å². The van der Waals surface area contributed by atoms with Gasteiger partial charge in [0.05, 0.1) is 19.4 Å². The molecule has 3 saturated heterocycles. The summed E-state index contributed by atoms with van der Waals surface area (Å²) in [6, 6.07) is 0. The first-order valence-corrected chi connectivity index (χ1v) is 8.22. The Morgan fingerprint density at radius 3 is 2.56 bits per heavy atom. The molecule has 1 atom stereocenters. The van der Waals surface area contributed by atoms with E-state index in [4.69, 9.17) is 4.74 Å². The molecule has 0 aromatic carbocycles. The fraction of sp³-hybridized carbons (Fsp3) is 1.00. The van der Waals surface area contributed by atoms with Crippen molar-refractivity contribution in [1.29, 1.82) is 0 Å². The minimum Gasteiger partial charge on any atom is -0.379 e. The Morgan fingerprint density at radius 1 is 1.00 bits per heavy atom. The molecule has 6 heteroatoms. The summed E-state index contributed by atoms with van der Waals surface area (Å²) in [7, 11) is 0. The summed E-state index contributed by atoms with van der Waals surface area (Å²) in [4.78, 5) is 2.61.